The number of fused-ring (bicyclic) bond motifs is 1. The maximum Gasteiger partial charge on any atom is 0.421 e. The molecule has 5 heteroatoms. The predicted molar refractivity (Wildman–Crippen MR) is 77.6 cm³/mol. The van der Waals surface area contributed by atoms with E-state index in [1.54, 1.807) is 22.9 Å². The van der Waals surface area contributed by atoms with Crippen LogP contribution in [0.25, 0.3) is 11.2 Å². The Bertz CT molecular complexity index is 626. The molecule has 0 amide bonds. The van der Waals surface area contributed by atoms with E-state index in [1.165, 1.54) is 19.3 Å². The van der Waals surface area contributed by atoms with Crippen LogP contribution in [0, 0.1) is 5.41 Å². The van der Waals surface area contributed by atoms with Gasteiger partial charge in [-0.25, -0.2) is 9.78 Å². The second-order valence-electron chi connectivity index (χ2n) is 5.50. The van der Waals surface area contributed by atoms with Crippen molar-refractivity contribution in [2.45, 2.75) is 38.6 Å². The van der Waals surface area contributed by atoms with E-state index in [2.05, 4.69) is 17.6 Å². The number of pyridine rings is 1. The molecular formula is C14H18N2O2S. The van der Waals surface area contributed by atoms with Gasteiger partial charge in [0.25, 0.3) is 0 Å². The van der Waals surface area contributed by atoms with Gasteiger partial charge in [-0.3, -0.25) is 4.57 Å². The van der Waals surface area contributed by atoms with Gasteiger partial charge in [-0.05, 0) is 36.1 Å². The highest BCUT2D eigenvalue weighted by molar-refractivity contribution is 7.80. The molecule has 0 aliphatic heterocycles. The zero-order chi connectivity index (χ0) is 13.3. The van der Waals surface area contributed by atoms with Gasteiger partial charge in [0.1, 0.15) is 0 Å². The summed E-state index contributed by atoms with van der Waals surface area (Å²) in [4.78, 5) is 16.3. The van der Waals surface area contributed by atoms with Crippen molar-refractivity contribution in [3.8, 4) is 0 Å². The van der Waals surface area contributed by atoms with Crippen LogP contribution in [0.5, 0.6) is 0 Å². The summed E-state index contributed by atoms with van der Waals surface area (Å²) in [7, 11) is 0. The van der Waals surface area contributed by atoms with Crippen LogP contribution in [-0.2, 0) is 6.54 Å². The minimum atomic E-state index is -0.305. The molecule has 0 saturated heterocycles. The van der Waals surface area contributed by atoms with Crippen molar-refractivity contribution in [3.05, 3.63) is 28.9 Å². The average Bonchev–Trinajstić information content (AvgIpc) is 2.76. The standard InChI is InChI=1S/C14H18N2O2S/c17-13-16(12-11(18-13)5-4-8-15-12)9-14(10-19)6-2-1-3-7-14/h4-5,8,19H,1-3,6-7,9-10H2. The van der Waals surface area contributed by atoms with Gasteiger partial charge in [-0.2, -0.15) is 12.6 Å². The summed E-state index contributed by atoms with van der Waals surface area (Å²) in [5.41, 5.74) is 1.33. The highest BCUT2D eigenvalue weighted by Crippen LogP contribution is 2.38. The Morgan fingerprint density at radius 2 is 2.16 bits per heavy atom. The van der Waals surface area contributed by atoms with Crippen LogP contribution in [0.3, 0.4) is 0 Å². The normalized spacial score (nSPS) is 18.8. The number of hydrogen-bond donors (Lipinski definition) is 1. The first-order valence-corrected chi connectivity index (χ1v) is 7.43. The minimum Gasteiger partial charge on any atom is -0.406 e. The molecule has 1 fully saturated rings. The monoisotopic (exact) mass is 278 g/mol. The van der Waals surface area contributed by atoms with Gasteiger partial charge in [0, 0.05) is 12.7 Å². The van der Waals surface area contributed by atoms with Crippen LogP contribution < -0.4 is 5.76 Å². The van der Waals surface area contributed by atoms with Crippen LogP contribution >= 0.6 is 12.6 Å². The average molecular weight is 278 g/mol. The number of rotatable bonds is 3. The van der Waals surface area contributed by atoms with Gasteiger partial charge in [0.05, 0.1) is 0 Å². The Hall–Kier alpha value is -1.23. The number of hydrogen-bond acceptors (Lipinski definition) is 4. The van der Waals surface area contributed by atoms with Crippen molar-refractivity contribution < 1.29 is 4.42 Å². The smallest absolute Gasteiger partial charge is 0.406 e. The molecule has 1 saturated carbocycles. The summed E-state index contributed by atoms with van der Waals surface area (Å²) in [6.07, 6.45) is 7.68. The number of nitrogens with zero attached hydrogens (tertiary/aromatic N) is 2. The zero-order valence-corrected chi connectivity index (χ0v) is 11.7. The Morgan fingerprint density at radius 1 is 1.37 bits per heavy atom. The first-order chi connectivity index (χ1) is 9.24. The molecule has 1 aliphatic carbocycles. The molecule has 102 valence electrons. The lowest BCUT2D eigenvalue weighted by Crippen LogP contribution is -2.34. The van der Waals surface area contributed by atoms with Gasteiger partial charge in [-0.1, -0.05) is 19.3 Å². The van der Waals surface area contributed by atoms with Crippen LogP contribution in [0.4, 0.5) is 0 Å². The van der Waals surface area contributed by atoms with Gasteiger partial charge in [0.2, 0.25) is 0 Å². The van der Waals surface area contributed by atoms with Crippen LogP contribution in [0.2, 0.25) is 0 Å². The lowest BCUT2D eigenvalue weighted by atomic mass is 9.75. The molecule has 3 rings (SSSR count). The summed E-state index contributed by atoms with van der Waals surface area (Å²) in [6.45, 7) is 0.666. The summed E-state index contributed by atoms with van der Waals surface area (Å²) in [5, 5.41) is 0. The zero-order valence-electron chi connectivity index (χ0n) is 10.8. The van der Waals surface area contributed by atoms with E-state index in [4.69, 9.17) is 4.42 Å². The minimum absolute atomic E-state index is 0.111. The Balaban J connectivity index is 2.00. The highest BCUT2D eigenvalue weighted by atomic mass is 32.1. The Morgan fingerprint density at radius 3 is 2.89 bits per heavy atom. The molecule has 0 atom stereocenters. The number of thiol groups is 1. The second kappa shape index (κ2) is 5.04. The predicted octanol–water partition coefficient (Wildman–Crippen LogP) is 2.87. The van der Waals surface area contributed by atoms with Crippen molar-refractivity contribution in [2.24, 2.45) is 5.41 Å². The summed E-state index contributed by atoms with van der Waals surface area (Å²) in [5.74, 6) is 0.499. The van der Waals surface area contributed by atoms with E-state index in [0.29, 0.717) is 17.8 Å². The molecule has 0 bridgehead atoms. The quantitative estimate of drug-likeness (QED) is 0.878. The van der Waals surface area contributed by atoms with Crippen LogP contribution in [-0.4, -0.2) is 15.3 Å². The lowest BCUT2D eigenvalue weighted by Gasteiger charge is -2.35. The second-order valence-corrected chi connectivity index (χ2v) is 5.81. The summed E-state index contributed by atoms with van der Waals surface area (Å²) >= 11 is 4.52. The number of oxazole rings is 1. The maximum atomic E-state index is 12.0. The lowest BCUT2D eigenvalue weighted by molar-refractivity contribution is 0.187. The molecule has 2 aromatic heterocycles. The fourth-order valence-corrected chi connectivity index (χ4v) is 3.46. The van der Waals surface area contributed by atoms with Crippen molar-refractivity contribution in [1.29, 1.82) is 0 Å². The van der Waals surface area contributed by atoms with Crippen molar-refractivity contribution in [1.82, 2.24) is 9.55 Å². The first-order valence-electron chi connectivity index (χ1n) is 6.79. The van der Waals surface area contributed by atoms with Gasteiger partial charge in [-0.15, -0.1) is 0 Å². The topological polar surface area (TPSA) is 48.0 Å². The molecule has 4 nitrogen and oxygen atoms in total. The van der Waals surface area contributed by atoms with Gasteiger partial charge in [0.15, 0.2) is 11.2 Å². The van der Waals surface area contributed by atoms with Crippen molar-refractivity contribution in [3.63, 3.8) is 0 Å². The van der Waals surface area contributed by atoms with E-state index in [9.17, 15) is 4.79 Å². The maximum absolute atomic E-state index is 12.0. The molecule has 2 aromatic rings. The number of aromatic nitrogens is 2. The van der Waals surface area contributed by atoms with E-state index >= 15 is 0 Å². The Kier molecular flexibility index (Phi) is 3.39. The third-order valence-corrected chi connectivity index (χ3v) is 4.84. The van der Waals surface area contributed by atoms with Crippen molar-refractivity contribution >= 4 is 23.9 Å². The third kappa shape index (κ3) is 2.31. The van der Waals surface area contributed by atoms with Crippen molar-refractivity contribution in [2.75, 3.05) is 5.75 Å². The van der Waals surface area contributed by atoms with Crippen LogP contribution in [0.1, 0.15) is 32.1 Å². The van der Waals surface area contributed by atoms with Crippen LogP contribution in [0.15, 0.2) is 27.5 Å². The van der Waals surface area contributed by atoms with E-state index < -0.39 is 0 Å². The molecular weight excluding hydrogens is 260 g/mol. The molecule has 0 radical (unpaired) electrons. The summed E-state index contributed by atoms with van der Waals surface area (Å²) < 4.78 is 6.93. The Labute approximate surface area is 117 Å². The largest absolute Gasteiger partial charge is 0.421 e. The summed E-state index contributed by atoms with van der Waals surface area (Å²) in [6, 6.07) is 3.57. The molecule has 19 heavy (non-hydrogen) atoms. The molecule has 0 N–H and O–H groups in total. The van der Waals surface area contributed by atoms with E-state index in [1.807, 2.05) is 0 Å². The van der Waals surface area contributed by atoms with E-state index in [0.717, 1.165) is 18.6 Å². The van der Waals surface area contributed by atoms with Gasteiger partial charge < -0.3 is 4.42 Å². The molecule has 0 aromatic carbocycles. The molecule has 2 heterocycles. The highest BCUT2D eigenvalue weighted by Gasteiger charge is 2.32. The SMILES string of the molecule is O=c1oc2cccnc2n1CC1(CS)CCCCC1. The first kappa shape index (κ1) is 12.8. The molecule has 1 aliphatic rings. The fourth-order valence-electron chi connectivity index (χ4n) is 3.04. The van der Waals surface area contributed by atoms with E-state index in [-0.39, 0.29) is 11.2 Å². The molecule has 0 spiro atoms. The third-order valence-electron chi connectivity index (χ3n) is 4.17. The fraction of sp³-hybridized carbons (Fsp3) is 0.571. The van der Waals surface area contributed by atoms with Gasteiger partial charge >= 0.3 is 5.76 Å². The molecule has 0 unspecified atom stereocenters.